The fourth-order valence-corrected chi connectivity index (χ4v) is 5.21. The molecule has 2 aromatic rings. The maximum Gasteiger partial charge on any atom is 0.410 e. The molecule has 2 aromatic carbocycles. The Labute approximate surface area is 214 Å². The number of nitrogens with zero attached hydrogens (tertiary/aromatic N) is 2. The van der Waals surface area contributed by atoms with Crippen molar-refractivity contribution in [1.82, 2.24) is 9.62 Å². The van der Waals surface area contributed by atoms with Gasteiger partial charge in [0.2, 0.25) is 0 Å². The second-order valence-corrected chi connectivity index (χ2v) is 11.4. The first-order valence-electron chi connectivity index (χ1n) is 11.7. The van der Waals surface area contributed by atoms with Gasteiger partial charge in [0.25, 0.3) is 5.91 Å². The number of carbonyl (C=O) groups excluding carboxylic acids is 2. The average Bonchev–Trinajstić information content (AvgIpc) is 3.03. The molecule has 2 aliphatic rings. The Balaban J connectivity index is 1.63. The van der Waals surface area contributed by atoms with E-state index in [1.54, 1.807) is 37.8 Å². The van der Waals surface area contributed by atoms with Crippen molar-refractivity contribution >= 4 is 38.7 Å². The van der Waals surface area contributed by atoms with Crippen LogP contribution in [0, 0.1) is 5.82 Å². The molecule has 1 N–H and O–H groups in total. The molecule has 4 rings (SSSR count). The summed E-state index contributed by atoms with van der Waals surface area (Å²) in [6, 6.07) is 6.66. The number of amides is 2. The molecule has 13 heteroatoms. The molecule has 0 bridgehead atoms. The molecule has 2 saturated heterocycles. The SMILES string of the molecule is COCCOCOc1cc2ccc(C3CN(C(=O)OC(C)(C)C)C3)cc2c(F)c1N1CC(=O)NS1(=O)=O. The summed E-state index contributed by atoms with van der Waals surface area (Å²) in [5.41, 5.74) is -0.208. The van der Waals surface area contributed by atoms with Gasteiger partial charge in [0.1, 0.15) is 17.8 Å². The Morgan fingerprint density at radius 1 is 1.19 bits per heavy atom. The van der Waals surface area contributed by atoms with Gasteiger partial charge < -0.3 is 23.8 Å². The Morgan fingerprint density at radius 3 is 2.54 bits per heavy atom. The second kappa shape index (κ2) is 10.3. The average molecular weight is 540 g/mol. The van der Waals surface area contributed by atoms with Gasteiger partial charge in [-0.2, -0.15) is 8.42 Å². The molecule has 2 heterocycles. The van der Waals surface area contributed by atoms with Gasteiger partial charge in [0, 0.05) is 31.5 Å². The molecule has 2 amide bonds. The number of halogens is 1. The number of anilines is 1. The van der Waals surface area contributed by atoms with Crippen molar-refractivity contribution in [3.8, 4) is 5.75 Å². The van der Waals surface area contributed by atoms with Gasteiger partial charge in [0.05, 0.1) is 13.2 Å². The molecule has 0 aliphatic carbocycles. The van der Waals surface area contributed by atoms with Crippen LogP contribution in [0.5, 0.6) is 5.75 Å². The Bertz CT molecular complexity index is 1310. The van der Waals surface area contributed by atoms with Crippen molar-refractivity contribution < 1.29 is 41.3 Å². The van der Waals surface area contributed by atoms with E-state index in [-0.39, 0.29) is 36.1 Å². The highest BCUT2D eigenvalue weighted by molar-refractivity contribution is 7.92. The third-order valence-corrected chi connectivity index (χ3v) is 7.22. The van der Waals surface area contributed by atoms with Crippen LogP contribution in [0.2, 0.25) is 0 Å². The summed E-state index contributed by atoms with van der Waals surface area (Å²) in [5.74, 6) is -1.76. The smallest absolute Gasteiger partial charge is 0.410 e. The van der Waals surface area contributed by atoms with Crippen molar-refractivity contribution in [3.05, 3.63) is 35.6 Å². The number of rotatable bonds is 8. The molecule has 11 nitrogen and oxygen atoms in total. The number of likely N-dealkylation sites (tertiary alicyclic amines) is 1. The molecule has 202 valence electrons. The predicted octanol–water partition coefficient (Wildman–Crippen LogP) is 2.49. The molecule has 2 aliphatic heterocycles. The van der Waals surface area contributed by atoms with Crippen LogP contribution in [-0.2, 0) is 29.2 Å². The lowest BCUT2D eigenvalue weighted by molar-refractivity contribution is -0.117. The highest BCUT2D eigenvalue weighted by atomic mass is 32.2. The van der Waals surface area contributed by atoms with E-state index in [2.05, 4.69) is 0 Å². The highest BCUT2D eigenvalue weighted by Crippen LogP contribution is 2.40. The summed E-state index contributed by atoms with van der Waals surface area (Å²) in [7, 11) is -2.79. The zero-order chi connectivity index (χ0) is 27.0. The van der Waals surface area contributed by atoms with Gasteiger partial charge >= 0.3 is 16.3 Å². The van der Waals surface area contributed by atoms with Crippen LogP contribution < -0.4 is 13.8 Å². The second-order valence-electron chi connectivity index (χ2n) is 9.80. The van der Waals surface area contributed by atoms with Crippen LogP contribution in [0.4, 0.5) is 14.9 Å². The van der Waals surface area contributed by atoms with Gasteiger partial charge in [-0.25, -0.2) is 18.2 Å². The number of hydrogen-bond acceptors (Lipinski definition) is 8. The molecule has 0 unspecified atom stereocenters. The number of nitrogens with one attached hydrogen (secondary N) is 1. The van der Waals surface area contributed by atoms with Crippen LogP contribution in [0.1, 0.15) is 32.3 Å². The number of benzene rings is 2. The molecule has 0 aromatic heterocycles. The Kier molecular flexibility index (Phi) is 7.49. The van der Waals surface area contributed by atoms with Crippen molar-refractivity contribution in [2.75, 3.05) is 51.1 Å². The van der Waals surface area contributed by atoms with E-state index in [0.29, 0.717) is 29.4 Å². The first-order valence-corrected chi connectivity index (χ1v) is 13.1. The van der Waals surface area contributed by atoms with Gasteiger partial charge in [-0.3, -0.25) is 4.79 Å². The summed E-state index contributed by atoms with van der Waals surface area (Å²) >= 11 is 0. The molecular weight excluding hydrogens is 509 g/mol. The lowest BCUT2D eigenvalue weighted by Crippen LogP contribution is -2.50. The molecule has 0 saturated carbocycles. The normalized spacial score (nSPS) is 17.6. The fraction of sp³-hybridized carbons (Fsp3) is 0.500. The van der Waals surface area contributed by atoms with Crippen LogP contribution in [-0.4, -0.2) is 77.7 Å². The van der Waals surface area contributed by atoms with Gasteiger partial charge in [0.15, 0.2) is 18.4 Å². The zero-order valence-electron chi connectivity index (χ0n) is 21.1. The van der Waals surface area contributed by atoms with E-state index in [1.807, 2.05) is 10.8 Å². The monoisotopic (exact) mass is 539 g/mol. The number of carbonyl (C=O) groups is 2. The molecule has 2 fully saturated rings. The fourth-order valence-electron chi connectivity index (χ4n) is 4.05. The van der Waals surface area contributed by atoms with E-state index >= 15 is 4.39 Å². The molecule has 0 radical (unpaired) electrons. The third-order valence-electron chi connectivity index (χ3n) is 5.85. The van der Waals surface area contributed by atoms with E-state index in [9.17, 15) is 18.0 Å². The van der Waals surface area contributed by atoms with Crippen LogP contribution in [0.3, 0.4) is 0 Å². The molecule has 0 atom stereocenters. The molecular formula is C24H30FN3O8S. The third kappa shape index (κ3) is 5.89. The minimum Gasteiger partial charge on any atom is -0.465 e. The zero-order valence-corrected chi connectivity index (χ0v) is 21.9. The van der Waals surface area contributed by atoms with E-state index in [0.717, 1.165) is 5.56 Å². The van der Waals surface area contributed by atoms with Crippen molar-refractivity contribution in [2.24, 2.45) is 0 Å². The van der Waals surface area contributed by atoms with E-state index in [4.69, 9.17) is 18.9 Å². The molecule has 37 heavy (non-hydrogen) atoms. The quantitative estimate of drug-likeness (QED) is 0.401. The van der Waals surface area contributed by atoms with Crippen LogP contribution in [0.25, 0.3) is 10.8 Å². The maximum atomic E-state index is 16.0. The van der Waals surface area contributed by atoms with Crippen LogP contribution in [0.15, 0.2) is 24.3 Å². The van der Waals surface area contributed by atoms with Gasteiger partial charge in [-0.15, -0.1) is 0 Å². The summed E-state index contributed by atoms with van der Waals surface area (Å²) < 4.78 is 64.7. The number of ether oxygens (including phenoxy) is 4. The van der Waals surface area contributed by atoms with E-state index < -0.39 is 40.2 Å². The predicted molar refractivity (Wildman–Crippen MR) is 132 cm³/mol. The van der Waals surface area contributed by atoms with E-state index in [1.165, 1.54) is 13.2 Å². The number of hydrogen-bond donors (Lipinski definition) is 1. The highest BCUT2D eigenvalue weighted by Gasteiger charge is 2.39. The summed E-state index contributed by atoms with van der Waals surface area (Å²) in [4.78, 5) is 25.7. The summed E-state index contributed by atoms with van der Waals surface area (Å²) in [6.45, 7) is 5.86. The standard InChI is InChI=1S/C24H30FN3O8S/c1-24(2,3)36-23(30)27-11-17(12-27)15-5-6-16-10-19(35-14-34-8-7-33-4)22(21(25)18(16)9-15)28-13-20(29)26-37(28,31)32/h5-6,9-10,17H,7-8,11-14H2,1-4H3,(H,26,29). The van der Waals surface area contributed by atoms with Crippen LogP contribution >= 0.6 is 0 Å². The summed E-state index contributed by atoms with van der Waals surface area (Å²) in [6.07, 6.45) is -0.413. The van der Waals surface area contributed by atoms with Crippen molar-refractivity contribution in [2.45, 2.75) is 32.3 Å². The lowest BCUT2D eigenvalue weighted by Gasteiger charge is -2.40. The van der Waals surface area contributed by atoms with Gasteiger partial charge in [-0.1, -0.05) is 12.1 Å². The number of fused-ring (bicyclic) bond motifs is 1. The largest absolute Gasteiger partial charge is 0.465 e. The molecule has 0 spiro atoms. The minimum absolute atomic E-state index is 0.0383. The van der Waals surface area contributed by atoms with Crippen molar-refractivity contribution in [1.29, 1.82) is 0 Å². The Hall–Kier alpha value is -3.16. The summed E-state index contributed by atoms with van der Waals surface area (Å²) in [5, 5.41) is 0.626. The van der Waals surface area contributed by atoms with Crippen molar-refractivity contribution in [3.63, 3.8) is 0 Å². The van der Waals surface area contributed by atoms with Gasteiger partial charge in [-0.05, 0) is 43.9 Å². The maximum absolute atomic E-state index is 16.0. The lowest BCUT2D eigenvalue weighted by atomic mass is 9.90. The first kappa shape index (κ1) is 26.9. The first-order chi connectivity index (χ1) is 17.4. The Morgan fingerprint density at radius 2 is 1.92 bits per heavy atom. The topological polar surface area (TPSA) is 124 Å². The minimum atomic E-state index is -4.30. The number of methoxy groups -OCH3 is 1.